The number of nitrogens with zero attached hydrogens (tertiary/aromatic N) is 2. The van der Waals surface area contributed by atoms with Crippen LogP contribution in [0.4, 0.5) is 5.13 Å². The standard InChI is InChI=1S/C16H15N3O3S2/c1-4-23-16-19-18-15(24-16)17-14(21)12-7-10(20)13-9(3)5-8(2)6-11(13)22-12/h5-7H,4H2,1-3H3,(H,17,18,21). The Balaban J connectivity index is 1.93. The molecule has 1 aromatic carbocycles. The largest absolute Gasteiger partial charge is 0.451 e. The zero-order valence-corrected chi connectivity index (χ0v) is 15.0. The summed E-state index contributed by atoms with van der Waals surface area (Å²) in [6, 6.07) is 4.87. The molecule has 0 spiro atoms. The number of carbonyl (C=O) groups excluding carboxylic acids is 1. The number of benzene rings is 1. The van der Waals surface area contributed by atoms with Crippen molar-refractivity contribution < 1.29 is 9.21 Å². The van der Waals surface area contributed by atoms with Gasteiger partial charge in [-0.25, -0.2) is 0 Å². The van der Waals surface area contributed by atoms with Crippen molar-refractivity contribution in [1.29, 1.82) is 0 Å². The van der Waals surface area contributed by atoms with Crippen LogP contribution in [0.2, 0.25) is 0 Å². The van der Waals surface area contributed by atoms with Gasteiger partial charge in [0.25, 0.3) is 5.91 Å². The van der Waals surface area contributed by atoms with E-state index in [1.54, 1.807) is 17.8 Å². The molecule has 0 radical (unpaired) electrons. The first-order valence-electron chi connectivity index (χ1n) is 7.30. The normalized spacial score (nSPS) is 11.0. The third kappa shape index (κ3) is 3.34. The molecule has 1 amide bonds. The molecule has 24 heavy (non-hydrogen) atoms. The highest BCUT2D eigenvalue weighted by molar-refractivity contribution is 8.01. The molecule has 3 rings (SSSR count). The van der Waals surface area contributed by atoms with Crippen molar-refractivity contribution in [1.82, 2.24) is 10.2 Å². The fraction of sp³-hybridized carbons (Fsp3) is 0.250. The van der Waals surface area contributed by atoms with Crippen LogP contribution in [-0.4, -0.2) is 21.9 Å². The van der Waals surface area contributed by atoms with Gasteiger partial charge >= 0.3 is 0 Å². The first-order chi connectivity index (χ1) is 11.5. The van der Waals surface area contributed by atoms with Crippen molar-refractivity contribution in [2.45, 2.75) is 25.1 Å². The van der Waals surface area contributed by atoms with Gasteiger partial charge in [-0.2, -0.15) is 0 Å². The van der Waals surface area contributed by atoms with Crippen LogP contribution in [0.25, 0.3) is 11.0 Å². The van der Waals surface area contributed by atoms with Gasteiger partial charge in [-0.05, 0) is 36.8 Å². The van der Waals surface area contributed by atoms with Crippen LogP contribution >= 0.6 is 23.1 Å². The lowest BCUT2D eigenvalue weighted by molar-refractivity contribution is 0.0997. The summed E-state index contributed by atoms with van der Waals surface area (Å²) >= 11 is 2.83. The first-order valence-corrected chi connectivity index (χ1v) is 9.11. The Bertz CT molecular complexity index is 978. The zero-order valence-electron chi connectivity index (χ0n) is 13.4. The number of carbonyl (C=O) groups is 1. The fourth-order valence-corrected chi connectivity index (χ4v) is 4.02. The van der Waals surface area contributed by atoms with Gasteiger partial charge in [0.15, 0.2) is 15.5 Å². The van der Waals surface area contributed by atoms with Gasteiger partial charge in [0.05, 0.1) is 5.39 Å². The molecule has 0 unspecified atom stereocenters. The maximum absolute atomic E-state index is 12.3. The van der Waals surface area contributed by atoms with Crippen LogP contribution in [0.5, 0.6) is 0 Å². The second kappa shape index (κ2) is 6.74. The van der Waals surface area contributed by atoms with E-state index in [2.05, 4.69) is 15.5 Å². The molecule has 0 saturated carbocycles. The third-order valence-corrected chi connectivity index (χ3v) is 5.14. The zero-order chi connectivity index (χ0) is 17.3. The van der Waals surface area contributed by atoms with Gasteiger partial charge in [-0.1, -0.05) is 36.1 Å². The van der Waals surface area contributed by atoms with Crippen molar-refractivity contribution >= 4 is 45.1 Å². The molecule has 0 bridgehead atoms. The monoisotopic (exact) mass is 361 g/mol. The molecular formula is C16H15N3O3S2. The highest BCUT2D eigenvalue weighted by Gasteiger charge is 2.16. The third-order valence-electron chi connectivity index (χ3n) is 3.29. The lowest BCUT2D eigenvalue weighted by Crippen LogP contribution is -2.15. The van der Waals surface area contributed by atoms with Crippen molar-refractivity contribution in [3.63, 3.8) is 0 Å². The molecule has 0 aliphatic rings. The summed E-state index contributed by atoms with van der Waals surface area (Å²) in [4.78, 5) is 24.6. The average molecular weight is 361 g/mol. The molecule has 3 aromatic rings. The molecule has 8 heteroatoms. The number of amides is 1. The minimum atomic E-state index is -0.516. The van der Waals surface area contributed by atoms with Gasteiger partial charge in [-0.3, -0.25) is 14.9 Å². The Labute approximate surface area is 146 Å². The minimum Gasteiger partial charge on any atom is -0.451 e. The van der Waals surface area contributed by atoms with E-state index in [9.17, 15) is 9.59 Å². The van der Waals surface area contributed by atoms with Gasteiger partial charge in [0.2, 0.25) is 5.13 Å². The molecule has 0 aliphatic heterocycles. The Morgan fingerprint density at radius 2 is 2.08 bits per heavy atom. The van der Waals surface area contributed by atoms with Crippen molar-refractivity contribution in [2.24, 2.45) is 0 Å². The number of hydrogen-bond acceptors (Lipinski definition) is 7. The summed E-state index contributed by atoms with van der Waals surface area (Å²) in [5, 5.41) is 11.4. The molecule has 0 atom stereocenters. The Hall–Kier alpha value is -2.19. The highest BCUT2D eigenvalue weighted by Crippen LogP contribution is 2.25. The number of aryl methyl sites for hydroxylation is 2. The number of thioether (sulfide) groups is 1. The van der Waals surface area contributed by atoms with Crippen LogP contribution in [0.15, 0.2) is 31.8 Å². The number of anilines is 1. The predicted molar refractivity (Wildman–Crippen MR) is 96.2 cm³/mol. The fourth-order valence-electron chi connectivity index (χ4n) is 2.38. The van der Waals surface area contributed by atoms with E-state index in [0.29, 0.717) is 16.1 Å². The Kier molecular flexibility index (Phi) is 4.68. The molecule has 6 nitrogen and oxygen atoms in total. The van der Waals surface area contributed by atoms with Crippen LogP contribution in [0, 0.1) is 13.8 Å². The van der Waals surface area contributed by atoms with Crippen LogP contribution in [0.1, 0.15) is 28.6 Å². The minimum absolute atomic E-state index is 0.0441. The predicted octanol–water partition coefficient (Wildman–Crippen LogP) is 3.63. The van der Waals surface area contributed by atoms with Crippen molar-refractivity contribution in [3.8, 4) is 0 Å². The van der Waals surface area contributed by atoms with Crippen molar-refractivity contribution in [3.05, 3.63) is 45.3 Å². The Morgan fingerprint density at radius 1 is 1.29 bits per heavy atom. The van der Waals surface area contributed by atoms with Gasteiger partial charge in [0, 0.05) is 6.07 Å². The van der Waals surface area contributed by atoms with Crippen LogP contribution in [0.3, 0.4) is 0 Å². The van der Waals surface area contributed by atoms with E-state index in [-0.39, 0.29) is 11.2 Å². The van der Waals surface area contributed by atoms with E-state index >= 15 is 0 Å². The lowest BCUT2D eigenvalue weighted by Gasteiger charge is -2.05. The molecule has 1 N–H and O–H groups in total. The first kappa shape index (κ1) is 16.7. The maximum atomic E-state index is 12.3. The smallest absolute Gasteiger partial charge is 0.293 e. The molecular weight excluding hydrogens is 346 g/mol. The molecule has 124 valence electrons. The number of nitrogens with one attached hydrogen (secondary N) is 1. The van der Waals surface area contributed by atoms with Gasteiger partial charge in [-0.15, -0.1) is 10.2 Å². The number of hydrogen-bond donors (Lipinski definition) is 1. The summed E-state index contributed by atoms with van der Waals surface area (Å²) in [5.74, 6) is 0.315. The highest BCUT2D eigenvalue weighted by atomic mass is 32.2. The van der Waals surface area contributed by atoms with E-state index in [4.69, 9.17) is 4.42 Å². The molecule has 0 aliphatic carbocycles. The van der Waals surface area contributed by atoms with E-state index in [1.807, 2.05) is 26.8 Å². The van der Waals surface area contributed by atoms with Gasteiger partial charge < -0.3 is 4.42 Å². The SMILES string of the molecule is CCSc1nnc(NC(=O)c2cc(=O)c3c(C)cc(C)cc3o2)s1. The molecule has 0 saturated heterocycles. The van der Waals surface area contributed by atoms with E-state index in [1.165, 1.54) is 17.4 Å². The second-order valence-corrected chi connectivity index (χ2v) is 7.68. The molecule has 0 fully saturated rings. The van der Waals surface area contributed by atoms with E-state index < -0.39 is 5.91 Å². The van der Waals surface area contributed by atoms with Crippen LogP contribution < -0.4 is 10.7 Å². The molecule has 2 aromatic heterocycles. The summed E-state index contributed by atoms with van der Waals surface area (Å²) in [5.41, 5.74) is 1.96. The Morgan fingerprint density at radius 3 is 2.83 bits per heavy atom. The topological polar surface area (TPSA) is 85.1 Å². The number of rotatable bonds is 4. The van der Waals surface area contributed by atoms with Crippen LogP contribution in [-0.2, 0) is 0 Å². The molecule has 2 heterocycles. The van der Waals surface area contributed by atoms with E-state index in [0.717, 1.165) is 21.2 Å². The number of fused-ring (bicyclic) bond motifs is 1. The summed E-state index contributed by atoms with van der Waals surface area (Å²) < 4.78 is 6.41. The number of aromatic nitrogens is 2. The second-order valence-electron chi connectivity index (χ2n) is 5.19. The lowest BCUT2D eigenvalue weighted by atomic mass is 10.1. The summed E-state index contributed by atoms with van der Waals surface area (Å²) in [7, 11) is 0. The average Bonchev–Trinajstić information content (AvgIpc) is 2.93. The summed E-state index contributed by atoms with van der Waals surface area (Å²) in [6.45, 7) is 5.77. The summed E-state index contributed by atoms with van der Waals surface area (Å²) in [6.07, 6.45) is 0. The maximum Gasteiger partial charge on any atom is 0.293 e. The quantitative estimate of drug-likeness (QED) is 0.564. The van der Waals surface area contributed by atoms with Gasteiger partial charge in [0.1, 0.15) is 5.58 Å². The van der Waals surface area contributed by atoms with Crippen molar-refractivity contribution in [2.75, 3.05) is 11.1 Å².